The highest BCUT2D eigenvalue weighted by atomic mass is 16.5. The normalized spacial score (nSPS) is 21.5. The van der Waals surface area contributed by atoms with Crippen LogP contribution in [0.15, 0.2) is 16.8 Å². The molecule has 1 N–H and O–H groups in total. The summed E-state index contributed by atoms with van der Waals surface area (Å²) < 4.78 is 5.40. The summed E-state index contributed by atoms with van der Waals surface area (Å²) in [5.41, 5.74) is 2.85. The highest BCUT2D eigenvalue weighted by Crippen LogP contribution is 2.33. The van der Waals surface area contributed by atoms with Crippen LogP contribution >= 0.6 is 0 Å². The summed E-state index contributed by atoms with van der Waals surface area (Å²) in [5, 5.41) is 11.3. The fourth-order valence-corrected chi connectivity index (χ4v) is 3.79. The Morgan fingerprint density at radius 3 is 2.79 bits per heavy atom. The van der Waals surface area contributed by atoms with Gasteiger partial charge in [-0.1, -0.05) is 5.16 Å². The first kappa shape index (κ1) is 15.2. The minimum atomic E-state index is 0.189. The second-order valence-corrected chi connectivity index (χ2v) is 6.79. The number of rotatable bonds is 2. The number of aryl methyl sites for hydroxylation is 1. The van der Waals surface area contributed by atoms with E-state index in [2.05, 4.69) is 15.4 Å². The molecule has 1 atom stereocenters. The Balaban J connectivity index is 1.52. The zero-order valence-electron chi connectivity index (χ0n) is 14.0. The molecule has 2 saturated heterocycles. The first-order chi connectivity index (χ1) is 11.7. The third kappa shape index (κ3) is 2.79. The number of nitrogens with one attached hydrogen (secondary N) is 1. The molecule has 7 nitrogen and oxygen atoms in total. The molecule has 0 aromatic carbocycles. The largest absolute Gasteiger partial charge is 0.356 e. The first-order valence-corrected chi connectivity index (χ1v) is 8.73. The second kappa shape index (κ2) is 6.30. The van der Waals surface area contributed by atoms with Gasteiger partial charge >= 0.3 is 6.03 Å². The molecule has 0 unspecified atom stereocenters. The number of hydrogen-bond donors (Lipinski definition) is 1. The molecule has 0 radical (unpaired) electrons. The Bertz CT molecular complexity index is 716. The maximum atomic E-state index is 12.7. The number of hydrogen-bond acceptors (Lipinski definition) is 4. The lowest BCUT2D eigenvalue weighted by Crippen LogP contribution is -2.46. The van der Waals surface area contributed by atoms with Gasteiger partial charge in [0.2, 0.25) is 0 Å². The molecule has 0 aliphatic carbocycles. The van der Waals surface area contributed by atoms with Crippen LogP contribution in [0.4, 0.5) is 4.79 Å². The van der Waals surface area contributed by atoms with Crippen LogP contribution in [0.3, 0.4) is 0 Å². The molecule has 7 heteroatoms. The fraction of sp³-hybridized carbons (Fsp3) is 0.588. The number of carbonyl (C=O) groups is 1. The van der Waals surface area contributed by atoms with Gasteiger partial charge in [0.25, 0.3) is 0 Å². The van der Waals surface area contributed by atoms with E-state index in [9.17, 15) is 4.79 Å². The Labute approximate surface area is 141 Å². The van der Waals surface area contributed by atoms with Crippen LogP contribution in [-0.2, 0) is 0 Å². The number of H-pyrrole nitrogens is 1. The van der Waals surface area contributed by atoms with Gasteiger partial charge in [0.15, 0.2) is 5.76 Å². The third-order valence-corrected chi connectivity index (χ3v) is 5.04. The highest BCUT2D eigenvalue weighted by molar-refractivity contribution is 5.75. The van der Waals surface area contributed by atoms with Crippen molar-refractivity contribution in [1.82, 2.24) is 25.2 Å². The maximum Gasteiger partial charge on any atom is 0.320 e. The van der Waals surface area contributed by atoms with Gasteiger partial charge in [0.05, 0.1) is 23.1 Å². The van der Waals surface area contributed by atoms with Crippen molar-refractivity contribution < 1.29 is 9.32 Å². The molecule has 128 valence electrons. The predicted molar refractivity (Wildman–Crippen MR) is 88.6 cm³/mol. The average Bonchev–Trinajstić information content (AvgIpc) is 3.35. The zero-order valence-corrected chi connectivity index (χ0v) is 14.0. The molecule has 2 aliphatic rings. The summed E-state index contributed by atoms with van der Waals surface area (Å²) in [7, 11) is 0. The SMILES string of the molecule is Cc1cc(-c2cn[nH]c2[C@H]2CCCN(C(=O)N3CCCC3)C2)on1. The van der Waals surface area contributed by atoms with Gasteiger partial charge in [-0.3, -0.25) is 5.10 Å². The number of likely N-dealkylation sites (tertiary alicyclic amines) is 2. The molecule has 24 heavy (non-hydrogen) atoms. The summed E-state index contributed by atoms with van der Waals surface area (Å²) in [6, 6.07) is 2.11. The van der Waals surface area contributed by atoms with E-state index in [1.807, 2.05) is 22.8 Å². The molecule has 2 fully saturated rings. The van der Waals surface area contributed by atoms with Gasteiger partial charge in [0, 0.05) is 38.2 Å². The number of amides is 2. The molecule has 2 aromatic heterocycles. The van der Waals surface area contributed by atoms with Crippen LogP contribution in [-0.4, -0.2) is 57.4 Å². The lowest BCUT2D eigenvalue weighted by molar-refractivity contribution is 0.146. The van der Waals surface area contributed by atoms with Gasteiger partial charge in [0.1, 0.15) is 0 Å². The van der Waals surface area contributed by atoms with E-state index in [4.69, 9.17) is 4.52 Å². The van der Waals surface area contributed by atoms with Gasteiger partial charge < -0.3 is 14.3 Å². The molecule has 2 amide bonds. The molecular formula is C17H23N5O2. The monoisotopic (exact) mass is 329 g/mol. The molecule has 4 rings (SSSR count). The smallest absolute Gasteiger partial charge is 0.320 e. The zero-order chi connectivity index (χ0) is 16.5. The van der Waals surface area contributed by atoms with Crippen molar-refractivity contribution in [3.8, 4) is 11.3 Å². The van der Waals surface area contributed by atoms with Crippen LogP contribution in [0.1, 0.15) is 43.0 Å². The van der Waals surface area contributed by atoms with Crippen molar-refractivity contribution >= 4 is 6.03 Å². The van der Waals surface area contributed by atoms with E-state index in [1.165, 1.54) is 0 Å². The van der Waals surface area contributed by atoms with Crippen molar-refractivity contribution in [3.05, 3.63) is 23.7 Å². The summed E-state index contributed by atoms with van der Waals surface area (Å²) in [6.45, 7) is 5.28. The quantitative estimate of drug-likeness (QED) is 0.919. The van der Waals surface area contributed by atoms with Crippen molar-refractivity contribution in [2.75, 3.05) is 26.2 Å². The number of aromatic amines is 1. The highest BCUT2D eigenvalue weighted by Gasteiger charge is 2.31. The van der Waals surface area contributed by atoms with Crippen molar-refractivity contribution in [3.63, 3.8) is 0 Å². The molecule has 4 heterocycles. The fourth-order valence-electron chi connectivity index (χ4n) is 3.79. The van der Waals surface area contributed by atoms with Crippen LogP contribution in [0.25, 0.3) is 11.3 Å². The standard InChI is InChI=1S/C17H23N5O2/c1-12-9-15(24-20-12)14-10-18-19-16(14)13-5-4-8-22(11-13)17(23)21-6-2-3-7-21/h9-10,13H,2-8,11H2,1H3,(H,18,19)/t13-/m0/s1. The van der Waals surface area contributed by atoms with Gasteiger partial charge in [-0.25, -0.2) is 4.79 Å². The summed E-state index contributed by atoms with van der Waals surface area (Å²) in [6.07, 6.45) is 6.10. The minimum Gasteiger partial charge on any atom is -0.356 e. The van der Waals surface area contributed by atoms with Crippen LogP contribution < -0.4 is 0 Å². The predicted octanol–water partition coefficient (Wildman–Crippen LogP) is 2.77. The average molecular weight is 329 g/mol. The maximum absolute atomic E-state index is 12.7. The Morgan fingerprint density at radius 1 is 1.25 bits per heavy atom. The summed E-state index contributed by atoms with van der Waals surface area (Å²) in [5.74, 6) is 0.993. The van der Waals surface area contributed by atoms with E-state index in [0.29, 0.717) is 0 Å². The van der Waals surface area contributed by atoms with E-state index in [1.54, 1.807) is 6.20 Å². The molecule has 0 spiro atoms. The van der Waals surface area contributed by atoms with Gasteiger partial charge in [-0.2, -0.15) is 5.10 Å². The number of aromatic nitrogens is 3. The van der Waals surface area contributed by atoms with Crippen molar-refractivity contribution in [2.24, 2.45) is 0 Å². The Hall–Kier alpha value is -2.31. The number of piperidine rings is 1. The molecule has 0 bridgehead atoms. The molecular weight excluding hydrogens is 306 g/mol. The summed E-state index contributed by atoms with van der Waals surface area (Å²) >= 11 is 0. The number of nitrogens with zero attached hydrogens (tertiary/aromatic N) is 4. The lowest BCUT2D eigenvalue weighted by Gasteiger charge is -2.35. The molecule has 0 saturated carbocycles. The lowest BCUT2D eigenvalue weighted by atomic mass is 9.92. The number of urea groups is 1. The van der Waals surface area contributed by atoms with Gasteiger partial charge in [-0.05, 0) is 32.6 Å². The van der Waals surface area contributed by atoms with Crippen LogP contribution in [0, 0.1) is 6.92 Å². The van der Waals surface area contributed by atoms with Crippen molar-refractivity contribution in [1.29, 1.82) is 0 Å². The molecule has 2 aliphatic heterocycles. The van der Waals surface area contributed by atoms with E-state index < -0.39 is 0 Å². The Kier molecular flexibility index (Phi) is 4.00. The first-order valence-electron chi connectivity index (χ1n) is 8.73. The number of carbonyl (C=O) groups excluding carboxylic acids is 1. The van der Waals surface area contributed by atoms with E-state index in [-0.39, 0.29) is 11.9 Å². The van der Waals surface area contributed by atoms with E-state index >= 15 is 0 Å². The summed E-state index contributed by atoms with van der Waals surface area (Å²) in [4.78, 5) is 16.6. The minimum absolute atomic E-state index is 0.189. The second-order valence-electron chi connectivity index (χ2n) is 6.79. The van der Waals surface area contributed by atoms with Crippen molar-refractivity contribution in [2.45, 2.75) is 38.5 Å². The topological polar surface area (TPSA) is 78.3 Å². The molecule has 2 aromatic rings. The van der Waals surface area contributed by atoms with Gasteiger partial charge in [-0.15, -0.1) is 0 Å². The third-order valence-electron chi connectivity index (χ3n) is 5.04. The Morgan fingerprint density at radius 2 is 2.04 bits per heavy atom. The van der Waals surface area contributed by atoms with Crippen LogP contribution in [0.5, 0.6) is 0 Å². The van der Waals surface area contributed by atoms with E-state index in [0.717, 1.165) is 74.6 Å². The van der Waals surface area contributed by atoms with Crippen LogP contribution in [0.2, 0.25) is 0 Å².